The number of hydrogen-bond donors (Lipinski definition) is 1. The quantitative estimate of drug-likeness (QED) is 0.820. The Bertz CT molecular complexity index is 368. The van der Waals surface area contributed by atoms with Gasteiger partial charge in [-0.05, 0) is 24.6 Å². The van der Waals surface area contributed by atoms with E-state index in [1.165, 1.54) is 0 Å². The highest BCUT2D eigenvalue weighted by Gasteiger charge is 2.08. The van der Waals surface area contributed by atoms with Gasteiger partial charge < -0.3 is 10.1 Å². The highest BCUT2D eigenvalue weighted by molar-refractivity contribution is 9.09. The van der Waals surface area contributed by atoms with Gasteiger partial charge in [-0.1, -0.05) is 35.3 Å². The second kappa shape index (κ2) is 7.33. The number of carbonyl (C=O) groups is 1. The fourth-order valence-electron chi connectivity index (χ4n) is 1.49. The normalized spacial score (nSPS) is 11.9. The average molecular weight is 300 g/mol. The molecular formula is C13H18BrNO2. The summed E-state index contributed by atoms with van der Waals surface area (Å²) in [6.07, 6.45) is 2.16. The Morgan fingerprint density at radius 3 is 2.94 bits per heavy atom. The van der Waals surface area contributed by atoms with E-state index >= 15 is 0 Å². The SMILES string of the molecule is CCCC(Br)CNC(=O)c1cccc(OC)c1. The molecule has 0 radical (unpaired) electrons. The number of hydrogen-bond acceptors (Lipinski definition) is 2. The van der Waals surface area contributed by atoms with Crippen molar-refractivity contribution in [3.05, 3.63) is 29.8 Å². The molecule has 0 aliphatic rings. The first kappa shape index (κ1) is 14.0. The minimum atomic E-state index is -0.0653. The molecule has 1 aromatic carbocycles. The van der Waals surface area contributed by atoms with Gasteiger partial charge in [0.25, 0.3) is 5.91 Å². The van der Waals surface area contributed by atoms with Gasteiger partial charge >= 0.3 is 0 Å². The van der Waals surface area contributed by atoms with E-state index in [1.807, 2.05) is 12.1 Å². The van der Waals surface area contributed by atoms with Gasteiger partial charge in [0, 0.05) is 16.9 Å². The summed E-state index contributed by atoms with van der Waals surface area (Å²) in [5.41, 5.74) is 0.626. The van der Waals surface area contributed by atoms with Gasteiger partial charge in [0.15, 0.2) is 0 Å². The zero-order chi connectivity index (χ0) is 12.7. The lowest BCUT2D eigenvalue weighted by Gasteiger charge is -2.10. The minimum absolute atomic E-state index is 0.0653. The summed E-state index contributed by atoms with van der Waals surface area (Å²) in [6, 6.07) is 7.14. The first-order chi connectivity index (χ1) is 8.17. The first-order valence-electron chi connectivity index (χ1n) is 5.73. The van der Waals surface area contributed by atoms with Gasteiger partial charge in [-0.15, -0.1) is 0 Å². The monoisotopic (exact) mass is 299 g/mol. The van der Waals surface area contributed by atoms with Crippen LogP contribution in [0.15, 0.2) is 24.3 Å². The molecule has 4 heteroatoms. The van der Waals surface area contributed by atoms with Crippen LogP contribution < -0.4 is 10.1 Å². The second-order valence-electron chi connectivity index (χ2n) is 3.83. The molecule has 0 spiro atoms. The number of alkyl halides is 1. The number of methoxy groups -OCH3 is 1. The van der Waals surface area contributed by atoms with Crippen molar-refractivity contribution in [1.82, 2.24) is 5.32 Å². The summed E-state index contributed by atoms with van der Waals surface area (Å²) in [6.45, 7) is 2.77. The van der Waals surface area contributed by atoms with Crippen LogP contribution >= 0.6 is 15.9 Å². The van der Waals surface area contributed by atoms with Gasteiger partial charge in [0.05, 0.1) is 7.11 Å². The third-order valence-electron chi connectivity index (χ3n) is 2.42. The zero-order valence-corrected chi connectivity index (χ0v) is 11.8. The number of carbonyl (C=O) groups excluding carboxylic acids is 1. The summed E-state index contributed by atoms with van der Waals surface area (Å²) < 4.78 is 5.08. The smallest absolute Gasteiger partial charge is 0.251 e. The second-order valence-corrected chi connectivity index (χ2v) is 5.12. The number of halogens is 1. The molecule has 0 aliphatic carbocycles. The molecule has 0 bridgehead atoms. The van der Waals surface area contributed by atoms with E-state index in [-0.39, 0.29) is 5.91 Å². The van der Waals surface area contributed by atoms with E-state index in [1.54, 1.807) is 19.2 Å². The van der Waals surface area contributed by atoms with E-state index in [4.69, 9.17) is 4.74 Å². The number of nitrogens with one attached hydrogen (secondary N) is 1. The fourth-order valence-corrected chi connectivity index (χ4v) is 2.10. The van der Waals surface area contributed by atoms with E-state index in [2.05, 4.69) is 28.2 Å². The van der Waals surface area contributed by atoms with Gasteiger partial charge in [-0.3, -0.25) is 4.79 Å². The molecule has 0 aliphatic heterocycles. The maximum atomic E-state index is 11.8. The molecule has 1 atom stereocenters. The summed E-state index contributed by atoms with van der Waals surface area (Å²) >= 11 is 3.53. The van der Waals surface area contributed by atoms with Crippen molar-refractivity contribution in [3.63, 3.8) is 0 Å². The minimum Gasteiger partial charge on any atom is -0.497 e. The lowest BCUT2D eigenvalue weighted by Crippen LogP contribution is -2.29. The van der Waals surface area contributed by atoms with Crippen LogP contribution in [0.3, 0.4) is 0 Å². The largest absolute Gasteiger partial charge is 0.497 e. The van der Waals surface area contributed by atoms with Gasteiger partial charge in [-0.2, -0.15) is 0 Å². The molecule has 1 aromatic rings. The predicted molar refractivity (Wildman–Crippen MR) is 73.0 cm³/mol. The van der Waals surface area contributed by atoms with Gasteiger partial charge in [-0.25, -0.2) is 0 Å². The van der Waals surface area contributed by atoms with Gasteiger partial charge in [0.2, 0.25) is 0 Å². The van der Waals surface area contributed by atoms with Crippen LogP contribution in [0.25, 0.3) is 0 Å². The fraction of sp³-hybridized carbons (Fsp3) is 0.462. The predicted octanol–water partition coefficient (Wildman–Crippen LogP) is 2.99. The highest BCUT2D eigenvalue weighted by Crippen LogP contribution is 2.12. The van der Waals surface area contributed by atoms with Crippen LogP contribution in [0.2, 0.25) is 0 Å². The molecule has 0 fully saturated rings. The molecule has 0 saturated carbocycles. The summed E-state index contributed by atoms with van der Waals surface area (Å²) in [7, 11) is 1.59. The van der Waals surface area contributed by atoms with E-state index in [9.17, 15) is 4.79 Å². The molecule has 0 heterocycles. The molecule has 0 saturated heterocycles. The molecule has 3 nitrogen and oxygen atoms in total. The van der Waals surface area contributed by atoms with Crippen molar-refractivity contribution >= 4 is 21.8 Å². The molecule has 1 unspecified atom stereocenters. The Labute approximate surface area is 111 Å². The lowest BCUT2D eigenvalue weighted by atomic mass is 10.2. The number of benzene rings is 1. The van der Waals surface area contributed by atoms with Crippen molar-refractivity contribution < 1.29 is 9.53 Å². The van der Waals surface area contributed by atoms with Crippen molar-refractivity contribution in [1.29, 1.82) is 0 Å². The first-order valence-corrected chi connectivity index (χ1v) is 6.65. The number of amides is 1. The number of ether oxygens (including phenoxy) is 1. The molecule has 1 rings (SSSR count). The Morgan fingerprint density at radius 2 is 2.29 bits per heavy atom. The molecular weight excluding hydrogens is 282 g/mol. The van der Waals surface area contributed by atoms with E-state index in [0.717, 1.165) is 12.8 Å². The van der Waals surface area contributed by atoms with E-state index < -0.39 is 0 Å². The molecule has 1 N–H and O–H groups in total. The molecule has 17 heavy (non-hydrogen) atoms. The molecule has 94 valence electrons. The Hall–Kier alpha value is -1.03. The Morgan fingerprint density at radius 1 is 1.53 bits per heavy atom. The zero-order valence-electron chi connectivity index (χ0n) is 10.2. The molecule has 1 amide bonds. The summed E-state index contributed by atoms with van der Waals surface area (Å²) in [5, 5.41) is 2.89. The van der Waals surface area contributed by atoms with Crippen molar-refractivity contribution in [2.24, 2.45) is 0 Å². The highest BCUT2D eigenvalue weighted by atomic mass is 79.9. The van der Waals surface area contributed by atoms with Gasteiger partial charge in [0.1, 0.15) is 5.75 Å². The van der Waals surface area contributed by atoms with E-state index in [0.29, 0.717) is 22.7 Å². The van der Waals surface area contributed by atoms with Crippen LogP contribution in [0.4, 0.5) is 0 Å². The van der Waals surface area contributed by atoms with Crippen molar-refractivity contribution in [2.75, 3.05) is 13.7 Å². The summed E-state index contributed by atoms with van der Waals surface area (Å²) in [5.74, 6) is 0.631. The number of rotatable bonds is 6. The maximum absolute atomic E-state index is 11.8. The lowest BCUT2D eigenvalue weighted by molar-refractivity contribution is 0.0953. The maximum Gasteiger partial charge on any atom is 0.251 e. The van der Waals surface area contributed by atoms with Crippen LogP contribution in [0, 0.1) is 0 Å². The average Bonchev–Trinajstić information content (AvgIpc) is 2.36. The summed E-state index contributed by atoms with van der Waals surface area (Å²) in [4.78, 5) is 12.2. The van der Waals surface area contributed by atoms with Crippen molar-refractivity contribution in [3.8, 4) is 5.75 Å². The van der Waals surface area contributed by atoms with Crippen LogP contribution in [-0.4, -0.2) is 24.4 Å². The van der Waals surface area contributed by atoms with Crippen molar-refractivity contribution in [2.45, 2.75) is 24.6 Å². The third kappa shape index (κ3) is 4.77. The van der Waals surface area contributed by atoms with Crippen LogP contribution in [0.5, 0.6) is 5.75 Å². The Balaban J connectivity index is 2.51. The third-order valence-corrected chi connectivity index (χ3v) is 3.20. The standard InChI is InChI=1S/C13H18BrNO2/c1-3-5-11(14)9-15-13(16)10-6-4-7-12(8-10)17-2/h4,6-8,11H,3,5,9H2,1-2H3,(H,15,16). The molecule has 0 aromatic heterocycles. The topological polar surface area (TPSA) is 38.3 Å². The Kier molecular flexibility index (Phi) is 6.05. The van der Waals surface area contributed by atoms with Crippen LogP contribution in [-0.2, 0) is 0 Å². The van der Waals surface area contributed by atoms with Crippen LogP contribution in [0.1, 0.15) is 30.1 Å².